The van der Waals surface area contributed by atoms with Gasteiger partial charge in [0.25, 0.3) is 0 Å². The van der Waals surface area contributed by atoms with E-state index in [1.54, 1.807) is 10.1 Å². The zero-order valence-electron chi connectivity index (χ0n) is 16.9. The quantitative estimate of drug-likeness (QED) is 0.464. The maximum Gasteiger partial charge on any atom is 0.420 e. The molecule has 0 spiro atoms. The second-order valence-corrected chi connectivity index (χ2v) is 8.62. The lowest BCUT2D eigenvalue weighted by Crippen LogP contribution is -2.23. The van der Waals surface area contributed by atoms with Gasteiger partial charge in [0.05, 0.1) is 16.5 Å². The molecule has 2 aromatic heterocycles. The average Bonchev–Trinajstić information content (AvgIpc) is 3.37. The van der Waals surface area contributed by atoms with E-state index in [4.69, 9.17) is 4.74 Å². The molecule has 0 atom stereocenters. The number of hydrogen-bond acceptors (Lipinski definition) is 5. The number of thiazole rings is 1. The summed E-state index contributed by atoms with van der Waals surface area (Å²) in [6, 6.07) is 7.70. The molecule has 29 heavy (non-hydrogen) atoms. The molecule has 0 amide bonds. The van der Waals surface area contributed by atoms with Gasteiger partial charge in [0.1, 0.15) is 11.8 Å². The summed E-state index contributed by atoms with van der Waals surface area (Å²) in [5, 5.41) is 1.92. The van der Waals surface area contributed by atoms with E-state index in [1.165, 1.54) is 56.3 Å². The van der Waals surface area contributed by atoms with E-state index in [2.05, 4.69) is 9.97 Å². The molecular formula is C23H29N3O2S. The molecule has 3 aromatic rings. The first-order valence-corrected chi connectivity index (χ1v) is 11.8. The second kappa shape index (κ2) is 10.0. The third kappa shape index (κ3) is 5.04. The van der Waals surface area contributed by atoms with Gasteiger partial charge in [0.2, 0.25) is 0 Å². The van der Waals surface area contributed by atoms with Gasteiger partial charge in [-0.05, 0) is 37.8 Å². The van der Waals surface area contributed by atoms with Gasteiger partial charge in [-0.25, -0.2) is 19.3 Å². The number of imidazole rings is 1. The third-order valence-corrected chi connectivity index (χ3v) is 6.31. The number of ether oxygens (including phenoxy) is 1. The smallest absolute Gasteiger partial charge is 0.420 e. The van der Waals surface area contributed by atoms with Crippen LogP contribution in [0.15, 0.2) is 35.2 Å². The summed E-state index contributed by atoms with van der Waals surface area (Å²) in [7, 11) is 0. The van der Waals surface area contributed by atoms with E-state index in [1.807, 2.05) is 29.6 Å². The molecule has 1 aliphatic carbocycles. The van der Waals surface area contributed by atoms with Crippen LogP contribution in [0.4, 0.5) is 4.79 Å². The van der Waals surface area contributed by atoms with Crippen molar-refractivity contribution in [2.75, 3.05) is 0 Å². The van der Waals surface area contributed by atoms with Crippen LogP contribution < -0.4 is 0 Å². The van der Waals surface area contributed by atoms with Crippen molar-refractivity contribution in [3.63, 3.8) is 0 Å². The number of fused-ring (bicyclic) bond motifs is 1. The Morgan fingerprint density at radius 1 is 0.966 bits per heavy atom. The highest BCUT2D eigenvalue weighted by molar-refractivity contribution is 7.07. The standard InChI is InChI=1S/C23H29N3O2S/c27-23(28-18-12-8-6-4-2-1-3-5-7-9-13-18)26-21-15-11-10-14-19(21)25-22(26)20-16-29-17-24-20/h10-11,14-18H,1-9,12-13H2. The van der Waals surface area contributed by atoms with Crippen LogP contribution in [0, 0.1) is 0 Å². The fourth-order valence-electron chi connectivity index (χ4n) is 4.14. The normalized spacial score (nSPS) is 17.5. The van der Waals surface area contributed by atoms with E-state index in [-0.39, 0.29) is 12.2 Å². The Balaban J connectivity index is 1.55. The first-order valence-electron chi connectivity index (χ1n) is 10.9. The summed E-state index contributed by atoms with van der Waals surface area (Å²) in [5.41, 5.74) is 4.03. The summed E-state index contributed by atoms with van der Waals surface area (Å²) < 4.78 is 7.64. The fourth-order valence-corrected chi connectivity index (χ4v) is 4.67. The van der Waals surface area contributed by atoms with Crippen molar-refractivity contribution in [1.82, 2.24) is 14.5 Å². The van der Waals surface area contributed by atoms with Crippen molar-refractivity contribution in [1.29, 1.82) is 0 Å². The average molecular weight is 412 g/mol. The Morgan fingerprint density at radius 2 is 1.62 bits per heavy atom. The monoisotopic (exact) mass is 411 g/mol. The molecule has 0 bridgehead atoms. The maximum absolute atomic E-state index is 13.3. The predicted molar refractivity (Wildman–Crippen MR) is 117 cm³/mol. The van der Waals surface area contributed by atoms with Crippen LogP contribution in [0.2, 0.25) is 0 Å². The number of carbonyl (C=O) groups excluding carboxylic acids is 1. The number of aromatic nitrogens is 3. The van der Waals surface area contributed by atoms with Gasteiger partial charge in [0.15, 0.2) is 5.82 Å². The summed E-state index contributed by atoms with van der Waals surface area (Å²) >= 11 is 1.50. The summed E-state index contributed by atoms with van der Waals surface area (Å²) in [6.45, 7) is 0. The molecular weight excluding hydrogens is 382 g/mol. The molecule has 1 aromatic carbocycles. The Kier molecular flexibility index (Phi) is 6.93. The molecule has 4 rings (SSSR count). The molecule has 0 saturated heterocycles. The van der Waals surface area contributed by atoms with Gasteiger partial charge in [-0.3, -0.25) is 0 Å². The van der Waals surface area contributed by atoms with E-state index in [9.17, 15) is 4.79 Å². The molecule has 0 unspecified atom stereocenters. The van der Waals surface area contributed by atoms with Crippen molar-refractivity contribution in [3.05, 3.63) is 35.2 Å². The van der Waals surface area contributed by atoms with Crippen molar-refractivity contribution >= 4 is 28.5 Å². The molecule has 0 radical (unpaired) electrons. The Labute approximate surface area is 176 Å². The largest absolute Gasteiger partial charge is 0.446 e. The molecule has 0 aliphatic heterocycles. The summed E-state index contributed by atoms with van der Waals surface area (Å²) in [4.78, 5) is 22.3. The molecule has 1 fully saturated rings. The van der Waals surface area contributed by atoms with Gasteiger partial charge in [-0.1, -0.05) is 57.1 Å². The van der Waals surface area contributed by atoms with Gasteiger partial charge < -0.3 is 4.74 Å². The Hall–Kier alpha value is -2.21. The molecule has 5 nitrogen and oxygen atoms in total. The lowest BCUT2D eigenvalue weighted by Gasteiger charge is -2.19. The van der Waals surface area contributed by atoms with Gasteiger partial charge in [-0.15, -0.1) is 11.3 Å². The van der Waals surface area contributed by atoms with Gasteiger partial charge in [0, 0.05) is 5.38 Å². The molecule has 0 N–H and O–H groups in total. The van der Waals surface area contributed by atoms with Crippen molar-refractivity contribution in [2.45, 2.75) is 76.7 Å². The number of rotatable bonds is 2. The minimum absolute atomic E-state index is 0.0219. The van der Waals surface area contributed by atoms with E-state index in [0.29, 0.717) is 11.5 Å². The number of para-hydroxylation sites is 2. The van der Waals surface area contributed by atoms with E-state index in [0.717, 1.165) is 36.7 Å². The first-order chi connectivity index (χ1) is 14.3. The molecule has 1 aliphatic rings. The maximum atomic E-state index is 13.3. The van der Waals surface area contributed by atoms with Crippen LogP contribution >= 0.6 is 11.3 Å². The van der Waals surface area contributed by atoms with E-state index >= 15 is 0 Å². The zero-order chi connectivity index (χ0) is 19.9. The number of hydrogen-bond donors (Lipinski definition) is 0. The highest BCUT2D eigenvalue weighted by atomic mass is 32.1. The number of benzene rings is 1. The summed E-state index contributed by atoms with van der Waals surface area (Å²) in [5.74, 6) is 0.561. The highest BCUT2D eigenvalue weighted by Crippen LogP contribution is 2.26. The van der Waals surface area contributed by atoms with Gasteiger partial charge in [-0.2, -0.15) is 0 Å². The van der Waals surface area contributed by atoms with Crippen LogP contribution in [-0.4, -0.2) is 26.7 Å². The van der Waals surface area contributed by atoms with Crippen LogP contribution in [0.25, 0.3) is 22.6 Å². The predicted octanol–water partition coefficient (Wildman–Crippen LogP) is 6.82. The minimum Gasteiger partial charge on any atom is -0.446 e. The molecule has 2 heterocycles. The van der Waals surface area contributed by atoms with Gasteiger partial charge >= 0.3 is 6.09 Å². The third-order valence-electron chi connectivity index (χ3n) is 5.72. The lowest BCUT2D eigenvalue weighted by atomic mass is 9.99. The fraction of sp³-hybridized carbons (Fsp3) is 0.522. The van der Waals surface area contributed by atoms with Crippen LogP contribution in [-0.2, 0) is 4.74 Å². The first kappa shape index (κ1) is 20.1. The van der Waals surface area contributed by atoms with Crippen LogP contribution in [0.5, 0.6) is 0 Å². The number of nitrogens with zero attached hydrogens (tertiary/aromatic N) is 3. The molecule has 6 heteroatoms. The van der Waals surface area contributed by atoms with Crippen LogP contribution in [0.1, 0.15) is 70.6 Å². The number of carbonyl (C=O) groups is 1. The van der Waals surface area contributed by atoms with Crippen molar-refractivity contribution in [2.24, 2.45) is 0 Å². The minimum atomic E-state index is -0.334. The van der Waals surface area contributed by atoms with Crippen molar-refractivity contribution < 1.29 is 9.53 Å². The molecule has 154 valence electrons. The Bertz CT molecular complexity index is 908. The SMILES string of the molecule is O=C(OC1CCCCCCCCCCC1)n1c(-c2cscn2)nc2ccccc21. The summed E-state index contributed by atoms with van der Waals surface area (Å²) in [6.07, 6.45) is 12.9. The van der Waals surface area contributed by atoms with Crippen LogP contribution in [0.3, 0.4) is 0 Å². The topological polar surface area (TPSA) is 57.0 Å². The van der Waals surface area contributed by atoms with Crippen molar-refractivity contribution in [3.8, 4) is 11.5 Å². The zero-order valence-corrected chi connectivity index (χ0v) is 17.7. The highest BCUT2D eigenvalue weighted by Gasteiger charge is 2.23. The Morgan fingerprint density at radius 3 is 2.28 bits per heavy atom. The molecule has 1 saturated carbocycles. The van der Waals surface area contributed by atoms with E-state index < -0.39 is 0 Å². The second-order valence-electron chi connectivity index (χ2n) is 7.90. The lowest BCUT2D eigenvalue weighted by molar-refractivity contribution is 0.0861.